The Labute approximate surface area is 199 Å². The summed E-state index contributed by atoms with van der Waals surface area (Å²) < 4.78 is 12.2. The van der Waals surface area contributed by atoms with Gasteiger partial charge in [-0.05, 0) is 53.5 Å². The molecule has 4 aromatic rings. The molecule has 5 nitrogen and oxygen atoms in total. The highest BCUT2D eigenvalue weighted by molar-refractivity contribution is 9.10. The topological polar surface area (TPSA) is 54.6 Å². The number of fused-ring (bicyclic) bond motifs is 4. The Hall–Kier alpha value is -3.51. The Morgan fingerprint density at radius 1 is 1.03 bits per heavy atom. The first-order valence-electron chi connectivity index (χ1n) is 10.9. The number of carbonyl (C=O) groups excluding carboxylic acids is 1. The van der Waals surface area contributed by atoms with Crippen LogP contribution in [0.4, 0.5) is 0 Å². The van der Waals surface area contributed by atoms with Crippen molar-refractivity contribution >= 4 is 38.8 Å². The highest BCUT2D eigenvalue weighted by Gasteiger charge is 2.34. The third-order valence-corrected chi connectivity index (χ3v) is 6.80. The van der Waals surface area contributed by atoms with Gasteiger partial charge in [-0.2, -0.15) is 0 Å². The molecule has 0 radical (unpaired) electrons. The molecule has 0 bridgehead atoms. The first-order chi connectivity index (χ1) is 16.2. The molecule has 0 saturated heterocycles. The number of aromatic amines is 1. The van der Waals surface area contributed by atoms with E-state index in [-0.39, 0.29) is 18.7 Å². The number of nitrogens with one attached hydrogen (secondary N) is 1. The monoisotopic (exact) mass is 500 g/mol. The lowest BCUT2D eigenvalue weighted by molar-refractivity contribution is -0.128. The van der Waals surface area contributed by atoms with Crippen molar-refractivity contribution in [3.05, 3.63) is 99.7 Å². The van der Waals surface area contributed by atoms with Crippen molar-refractivity contribution in [1.29, 1.82) is 0 Å². The minimum Gasteiger partial charge on any atom is -0.454 e. The fourth-order valence-electron chi connectivity index (χ4n) is 4.76. The van der Waals surface area contributed by atoms with Crippen LogP contribution in [0.5, 0.6) is 11.5 Å². The number of rotatable bonds is 3. The molecular weight excluding hydrogens is 480 g/mol. The van der Waals surface area contributed by atoms with Crippen LogP contribution in [-0.2, 0) is 11.2 Å². The minimum absolute atomic E-state index is 0.0213. The second-order valence-corrected chi connectivity index (χ2v) is 9.16. The van der Waals surface area contributed by atoms with Crippen molar-refractivity contribution in [3.8, 4) is 11.5 Å². The second-order valence-electron chi connectivity index (χ2n) is 8.25. The summed E-state index contributed by atoms with van der Waals surface area (Å²) in [5.74, 6) is 1.43. The van der Waals surface area contributed by atoms with Crippen LogP contribution in [0, 0.1) is 0 Å². The number of hydrogen-bond donors (Lipinski definition) is 1. The maximum absolute atomic E-state index is 13.4. The van der Waals surface area contributed by atoms with Crippen LogP contribution in [-0.4, -0.2) is 29.1 Å². The van der Waals surface area contributed by atoms with Crippen LogP contribution in [0.1, 0.15) is 28.4 Å². The van der Waals surface area contributed by atoms with Crippen LogP contribution < -0.4 is 9.47 Å². The Morgan fingerprint density at radius 3 is 2.76 bits per heavy atom. The molecule has 0 aliphatic carbocycles. The summed E-state index contributed by atoms with van der Waals surface area (Å²) in [6.45, 7) is 0.852. The number of nitrogens with zero attached hydrogens (tertiary/aromatic N) is 1. The quantitative estimate of drug-likeness (QED) is 0.359. The highest BCUT2D eigenvalue weighted by atomic mass is 79.9. The molecule has 0 saturated carbocycles. The van der Waals surface area contributed by atoms with Gasteiger partial charge in [0, 0.05) is 33.7 Å². The smallest absolute Gasteiger partial charge is 0.247 e. The molecule has 2 aliphatic rings. The van der Waals surface area contributed by atoms with Crippen molar-refractivity contribution < 1.29 is 14.3 Å². The summed E-state index contributed by atoms with van der Waals surface area (Å²) in [7, 11) is 0. The summed E-state index contributed by atoms with van der Waals surface area (Å²) in [5, 5.41) is 1.20. The molecule has 164 valence electrons. The molecule has 6 heteroatoms. The largest absolute Gasteiger partial charge is 0.454 e. The summed E-state index contributed by atoms with van der Waals surface area (Å²) in [6, 6.07) is 21.9. The first-order valence-corrected chi connectivity index (χ1v) is 11.7. The normalized spacial score (nSPS) is 17.0. The lowest BCUT2D eigenvalue weighted by atomic mass is 9.92. The molecule has 1 aromatic heterocycles. The fourth-order valence-corrected chi connectivity index (χ4v) is 5.12. The van der Waals surface area contributed by atoms with E-state index in [2.05, 4.69) is 39.1 Å². The fraction of sp³-hybridized carbons (Fsp3) is 0.148. The van der Waals surface area contributed by atoms with Crippen LogP contribution in [0.2, 0.25) is 0 Å². The van der Waals surface area contributed by atoms with Crippen molar-refractivity contribution in [2.75, 3.05) is 13.3 Å². The van der Waals surface area contributed by atoms with E-state index in [1.807, 2.05) is 59.5 Å². The van der Waals surface area contributed by atoms with Gasteiger partial charge in [0.2, 0.25) is 12.7 Å². The third-order valence-electron chi connectivity index (χ3n) is 6.30. The van der Waals surface area contributed by atoms with E-state index in [0.29, 0.717) is 12.3 Å². The summed E-state index contributed by atoms with van der Waals surface area (Å²) in [6.07, 6.45) is 4.33. The van der Waals surface area contributed by atoms with Crippen molar-refractivity contribution in [3.63, 3.8) is 0 Å². The minimum atomic E-state index is -0.248. The van der Waals surface area contributed by atoms with E-state index < -0.39 is 0 Å². The van der Waals surface area contributed by atoms with E-state index in [4.69, 9.17) is 9.47 Å². The number of hydrogen-bond acceptors (Lipinski definition) is 3. The average Bonchev–Trinajstić information content (AvgIpc) is 3.45. The number of benzene rings is 3. The zero-order valence-electron chi connectivity index (χ0n) is 17.8. The molecule has 3 heterocycles. The van der Waals surface area contributed by atoms with Crippen LogP contribution in [0.15, 0.2) is 77.3 Å². The standard InChI is InChI=1S/C27H21BrN2O3/c28-19-8-9-20-21-12-13-30(25(31)11-6-17-4-2-1-3-5-17)27(26(21)29-22(20)15-19)18-7-10-23-24(14-18)33-16-32-23/h1-11,14-15,27,29H,12-13,16H2. The second kappa shape index (κ2) is 8.12. The molecule has 0 spiro atoms. The molecule has 33 heavy (non-hydrogen) atoms. The molecule has 2 aliphatic heterocycles. The van der Waals surface area contributed by atoms with Gasteiger partial charge in [-0.15, -0.1) is 0 Å². The van der Waals surface area contributed by atoms with E-state index in [1.165, 1.54) is 10.9 Å². The average molecular weight is 501 g/mol. The van der Waals surface area contributed by atoms with E-state index in [9.17, 15) is 4.79 Å². The van der Waals surface area contributed by atoms with Crippen molar-refractivity contribution in [2.45, 2.75) is 12.5 Å². The highest BCUT2D eigenvalue weighted by Crippen LogP contribution is 2.42. The number of H-pyrrole nitrogens is 1. The molecule has 1 amide bonds. The van der Waals surface area contributed by atoms with Gasteiger partial charge >= 0.3 is 0 Å². The van der Waals surface area contributed by atoms with Gasteiger partial charge in [-0.1, -0.05) is 58.4 Å². The van der Waals surface area contributed by atoms with Crippen LogP contribution in [0.3, 0.4) is 0 Å². The number of ether oxygens (including phenoxy) is 2. The van der Waals surface area contributed by atoms with Gasteiger partial charge in [0.25, 0.3) is 0 Å². The van der Waals surface area contributed by atoms with Gasteiger partial charge in [0.15, 0.2) is 11.5 Å². The molecule has 3 aromatic carbocycles. The maximum Gasteiger partial charge on any atom is 0.247 e. The number of aromatic nitrogens is 1. The third kappa shape index (κ3) is 3.60. The Bertz CT molecular complexity index is 1390. The lowest BCUT2D eigenvalue weighted by Gasteiger charge is -2.35. The van der Waals surface area contributed by atoms with Gasteiger partial charge in [-0.3, -0.25) is 4.79 Å². The lowest BCUT2D eigenvalue weighted by Crippen LogP contribution is -2.39. The molecule has 1 unspecified atom stereocenters. The van der Waals surface area contributed by atoms with Gasteiger partial charge in [0.05, 0.1) is 6.04 Å². The van der Waals surface area contributed by atoms with Gasteiger partial charge < -0.3 is 19.4 Å². The predicted molar refractivity (Wildman–Crippen MR) is 131 cm³/mol. The molecule has 0 fully saturated rings. The van der Waals surface area contributed by atoms with Crippen molar-refractivity contribution in [2.24, 2.45) is 0 Å². The Kier molecular flexibility index (Phi) is 4.95. The summed E-state index contributed by atoms with van der Waals surface area (Å²) >= 11 is 3.57. The first kappa shape index (κ1) is 20.1. The van der Waals surface area contributed by atoms with E-state index >= 15 is 0 Å². The predicted octanol–water partition coefficient (Wildman–Crippen LogP) is 5.85. The van der Waals surface area contributed by atoms with Gasteiger partial charge in [-0.25, -0.2) is 0 Å². The van der Waals surface area contributed by atoms with E-state index in [1.54, 1.807) is 6.08 Å². The number of halogens is 1. The van der Waals surface area contributed by atoms with E-state index in [0.717, 1.165) is 39.0 Å². The Morgan fingerprint density at radius 2 is 1.88 bits per heavy atom. The SMILES string of the molecule is O=C(C=Cc1ccccc1)N1CCc2c([nH]c3cc(Br)ccc23)C1c1ccc2c(c1)OCO2. The molecule has 6 rings (SSSR count). The zero-order chi connectivity index (χ0) is 22.4. The molecular formula is C27H21BrN2O3. The maximum atomic E-state index is 13.4. The molecule has 1 atom stereocenters. The summed E-state index contributed by atoms with van der Waals surface area (Å²) in [4.78, 5) is 19.0. The molecule has 1 N–H and O–H groups in total. The Balaban J connectivity index is 1.44. The number of amides is 1. The summed E-state index contributed by atoms with van der Waals surface area (Å²) in [5.41, 5.74) is 5.37. The van der Waals surface area contributed by atoms with Crippen LogP contribution >= 0.6 is 15.9 Å². The van der Waals surface area contributed by atoms with Crippen molar-refractivity contribution in [1.82, 2.24) is 9.88 Å². The van der Waals surface area contributed by atoms with Gasteiger partial charge in [0.1, 0.15) is 0 Å². The number of carbonyl (C=O) groups is 1. The zero-order valence-corrected chi connectivity index (χ0v) is 19.3. The van der Waals surface area contributed by atoms with Crippen LogP contribution in [0.25, 0.3) is 17.0 Å².